The van der Waals surface area contributed by atoms with Crippen LogP contribution < -0.4 is 14.8 Å². The zero-order chi connectivity index (χ0) is 24.5. The van der Waals surface area contributed by atoms with Crippen molar-refractivity contribution in [3.8, 4) is 34.5 Å². The molecule has 1 N–H and O–H groups in total. The van der Waals surface area contributed by atoms with Gasteiger partial charge in [-0.1, -0.05) is 0 Å². The SMILES string of the molecule is COc1ccc(NC(=O)N2CCc3c(c(-c4nnc(-c5ccc(F)cc5)o4)nn3C)C2)cc1OC. The first kappa shape index (κ1) is 22.4. The maximum absolute atomic E-state index is 13.2. The molecule has 2 aromatic carbocycles. The third-order valence-electron chi connectivity index (χ3n) is 5.88. The summed E-state index contributed by atoms with van der Waals surface area (Å²) in [6.45, 7) is 0.849. The molecule has 0 saturated heterocycles. The van der Waals surface area contributed by atoms with E-state index in [2.05, 4.69) is 20.6 Å². The van der Waals surface area contributed by atoms with Crippen LogP contribution in [0, 0.1) is 5.82 Å². The Hall–Kier alpha value is -4.41. The van der Waals surface area contributed by atoms with Gasteiger partial charge in [0, 0.05) is 48.6 Å². The van der Waals surface area contributed by atoms with Gasteiger partial charge >= 0.3 is 6.03 Å². The highest BCUT2D eigenvalue weighted by Crippen LogP contribution is 2.32. The highest BCUT2D eigenvalue weighted by molar-refractivity contribution is 5.90. The molecule has 0 aliphatic carbocycles. The number of hydrogen-bond acceptors (Lipinski definition) is 7. The topological polar surface area (TPSA) is 108 Å². The van der Waals surface area contributed by atoms with Crippen molar-refractivity contribution in [1.29, 1.82) is 0 Å². The Kier molecular flexibility index (Phi) is 5.81. The third-order valence-corrected chi connectivity index (χ3v) is 5.88. The maximum atomic E-state index is 13.2. The Morgan fingerprint density at radius 3 is 2.54 bits per heavy atom. The van der Waals surface area contributed by atoms with Crippen molar-refractivity contribution in [2.75, 3.05) is 26.1 Å². The van der Waals surface area contributed by atoms with Crippen molar-refractivity contribution in [1.82, 2.24) is 24.9 Å². The Balaban J connectivity index is 1.37. The van der Waals surface area contributed by atoms with Crippen LogP contribution in [0.15, 0.2) is 46.9 Å². The molecular formula is C24H23FN6O4. The minimum Gasteiger partial charge on any atom is -0.493 e. The molecule has 0 fully saturated rings. The molecule has 0 atom stereocenters. The van der Waals surface area contributed by atoms with Crippen LogP contribution in [0.3, 0.4) is 0 Å². The first-order valence-electron chi connectivity index (χ1n) is 10.9. The lowest BCUT2D eigenvalue weighted by atomic mass is 10.1. The first-order chi connectivity index (χ1) is 17.0. The number of aryl methyl sites for hydroxylation is 1. The standard InChI is InChI=1S/C24H23FN6O4/c1-30-18-10-11-31(24(32)26-16-8-9-19(33-2)20(12-16)34-3)13-17(18)21(29-30)23-28-27-22(35-23)14-4-6-15(25)7-5-14/h4-9,12H,10-11,13H2,1-3H3,(H,26,32). The number of fused-ring (bicyclic) bond motifs is 1. The van der Waals surface area contributed by atoms with Gasteiger partial charge in [0.25, 0.3) is 5.89 Å². The molecule has 10 nitrogen and oxygen atoms in total. The predicted octanol–water partition coefficient (Wildman–Crippen LogP) is 3.88. The van der Waals surface area contributed by atoms with Gasteiger partial charge in [-0.2, -0.15) is 5.10 Å². The monoisotopic (exact) mass is 478 g/mol. The summed E-state index contributed by atoms with van der Waals surface area (Å²) in [5.41, 5.74) is 3.55. The van der Waals surface area contributed by atoms with Crippen LogP contribution in [-0.2, 0) is 20.0 Å². The van der Waals surface area contributed by atoms with E-state index >= 15 is 0 Å². The normalized spacial score (nSPS) is 12.9. The van der Waals surface area contributed by atoms with Gasteiger partial charge in [0.15, 0.2) is 17.2 Å². The average Bonchev–Trinajstić information content (AvgIpc) is 3.49. The van der Waals surface area contributed by atoms with Crippen LogP contribution >= 0.6 is 0 Å². The molecule has 0 unspecified atom stereocenters. The van der Waals surface area contributed by atoms with Gasteiger partial charge in [-0.05, 0) is 36.4 Å². The number of carbonyl (C=O) groups is 1. The number of rotatable bonds is 5. The Morgan fingerprint density at radius 2 is 1.80 bits per heavy atom. The number of anilines is 1. The summed E-state index contributed by atoms with van der Waals surface area (Å²) in [6.07, 6.45) is 0.622. The molecule has 35 heavy (non-hydrogen) atoms. The van der Waals surface area contributed by atoms with Gasteiger partial charge in [-0.15, -0.1) is 10.2 Å². The number of amides is 2. The molecule has 1 aliphatic heterocycles. The first-order valence-corrected chi connectivity index (χ1v) is 10.9. The Morgan fingerprint density at radius 1 is 1.06 bits per heavy atom. The van der Waals surface area contributed by atoms with Crippen LogP contribution in [0.1, 0.15) is 11.3 Å². The van der Waals surface area contributed by atoms with E-state index in [4.69, 9.17) is 13.9 Å². The fraction of sp³-hybridized carbons (Fsp3) is 0.250. The molecule has 1 aliphatic rings. The number of halogens is 1. The number of nitrogens with zero attached hydrogens (tertiary/aromatic N) is 5. The largest absolute Gasteiger partial charge is 0.493 e. The second-order valence-corrected chi connectivity index (χ2v) is 7.99. The summed E-state index contributed by atoms with van der Waals surface area (Å²) in [5, 5.41) is 15.7. The molecule has 2 amide bonds. The number of hydrogen-bond donors (Lipinski definition) is 1. The van der Waals surface area contributed by atoms with E-state index in [1.165, 1.54) is 12.1 Å². The van der Waals surface area contributed by atoms with Gasteiger partial charge < -0.3 is 24.1 Å². The number of aromatic nitrogens is 4. The minimum atomic E-state index is -0.348. The molecule has 0 radical (unpaired) electrons. The molecule has 2 aromatic heterocycles. The second-order valence-electron chi connectivity index (χ2n) is 7.99. The van der Waals surface area contributed by atoms with Crippen molar-refractivity contribution in [2.24, 2.45) is 7.05 Å². The molecule has 3 heterocycles. The van der Waals surface area contributed by atoms with Crippen LogP contribution in [-0.4, -0.2) is 51.7 Å². The highest BCUT2D eigenvalue weighted by Gasteiger charge is 2.29. The third kappa shape index (κ3) is 4.27. The van der Waals surface area contributed by atoms with E-state index in [-0.39, 0.29) is 23.6 Å². The van der Waals surface area contributed by atoms with E-state index in [1.807, 2.05) is 7.05 Å². The van der Waals surface area contributed by atoms with E-state index in [1.54, 1.807) is 54.1 Å². The van der Waals surface area contributed by atoms with Gasteiger partial charge in [-0.25, -0.2) is 9.18 Å². The minimum absolute atomic E-state index is 0.239. The maximum Gasteiger partial charge on any atom is 0.322 e. The zero-order valence-electron chi connectivity index (χ0n) is 19.4. The molecule has 0 bridgehead atoms. The van der Waals surface area contributed by atoms with Gasteiger partial charge in [-0.3, -0.25) is 4.68 Å². The fourth-order valence-corrected chi connectivity index (χ4v) is 4.08. The van der Waals surface area contributed by atoms with E-state index in [0.717, 1.165) is 11.3 Å². The Labute approximate surface area is 200 Å². The molecule has 0 saturated carbocycles. The fourth-order valence-electron chi connectivity index (χ4n) is 4.08. The van der Waals surface area contributed by atoms with Gasteiger partial charge in [0.05, 0.1) is 20.8 Å². The summed E-state index contributed by atoms with van der Waals surface area (Å²) in [4.78, 5) is 14.7. The average molecular weight is 478 g/mol. The van der Waals surface area contributed by atoms with Crippen LogP contribution in [0.4, 0.5) is 14.9 Å². The number of carbonyl (C=O) groups excluding carboxylic acids is 1. The number of urea groups is 1. The molecular weight excluding hydrogens is 455 g/mol. The van der Waals surface area contributed by atoms with E-state index in [9.17, 15) is 9.18 Å². The lowest BCUT2D eigenvalue weighted by Crippen LogP contribution is -2.39. The quantitative estimate of drug-likeness (QED) is 0.464. The lowest BCUT2D eigenvalue weighted by Gasteiger charge is -2.27. The summed E-state index contributed by atoms with van der Waals surface area (Å²) in [6, 6.07) is 10.7. The predicted molar refractivity (Wildman–Crippen MR) is 125 cm³/mol. The smallest absolute Gasteiger partial charge is 0.322 e. The lowest BCUT2D eigenvalue weighted by molar-refractivity contribution is 0.206. The van der Waals surface area contributed by atoms with Crippen molar-refractivity contribution in [2.45, 2.75) is 13.0 Å². The van der Waals surface area contributed by atoms with Gasteiger partial charge in [0.2, 0.25) is 5.89 Å². The van der Waals surface area contributed by atoms with Crippen molar-refractivity contribution >= 4 is 11.7 Å². The zero-order valence-corrected chi connectivity index (χ0v) is 19.4. The number of benzene rings is 2. The molecule has 11 heteroatoms. The summed E-state index contributed by atoms with van der Waals surface area (Å²) < 4.78 is 31.4. The van der Waals surface area contributed by atoms with Crippen molar-refractivity contribution in [3.05, 3.63) is 59.5 Å². The van der Waals surface area contributed by atoms with Crippen LogP contribution in [0.25, 0.3) is 23.0 Å². The molecule has 180 valence electrons. The number of methoxy groups -OCH3 is 2. The summed E-state index contributed by atoms with van der Waals surface area (Å²) in [7, 11) is 4.94. The number of ether oxygens (including phenoxy) is 2. The second kappa shape index (κ2) is 9.09. The Bertz CT molecular complexity index is 1380. The molecule has 5 rings (SSSR count). The van der Waals surface area contributed by atoms with Crippen LogP contribution in [0.5, 0.6) is 11.5 Å². The molecule has 0 spiro atoms. The summed E-state index contributed by atoms with van der Waals surface area (Å²) >= 11 is 0. The number of nitrogens with one attached hydrogen (secondary N) is 1. The highest BCUT2D eigenvalue weighted by atomic mass is 19.1. The van der Waals surface area contributed by atoms with Gasteiger partial charge in [0.1, 0.15) is 5.82 Å². The van der Waals surface area contributed by atoms with Crippen molar-refractivity contribution < 1.29 is 23.1 Å². The van der Waals surface area contributed by atoms with Crippen molar-refractivity contribution in [3.63, 3.8) is 0 Å². The van der Waals surface area contributed by atoms with E-state index < -0.39 is 0 Å². The molecule has 4 aromatic rings. The summed E-state index contributed by atoms with van der Waals surface area (Å²) in [5.74, 6) is 1.25. The van der Waals surface area contributed by atoms with E-state index in [0.29, 0.717) is 48.0 Å². The van der Waals surface area contributed by atoms with Crippen LogP contribution in [0.2, 0.25) is 0 Å².